The van der Waals surface area contributed by atoms with Crippen LogP contribution in [-0.4, -0.2) is 32.9 Å². The molecule has 1 aromatic heterocycles. The van der Waals surface area contributed by atoms with Crippen LogP contribution in [0.2, 0.25) is 0 Å². The summed E-state index contributed by atoms with van der Waals surface area (Å²) in [5.41, 5.74) is -2.25. The van der Waals surface area contributed by atoms with Gasteiger partial charge in [-0.1, -0.05) is 26.2 Å². The van der Waals surface area contributed by atoms with E-state index in [2.05, 4.69) is 28.2 Å². The van der Waals surface area contributed by atoms with Gasteiger partial charge in [-0.3, -0.25) is 4.79 Å². The number of halogens is 1. The molecular weight excluding hydrogens is 346 g/mol. The highest BCUT2D eigenvalue weighted by molar-refractivity contribution is 9.10. The molecule has 1 aromatic rings. The lowest BCUT2D eigenvalue weighted by Gasteiger charge is -2.08. The number of carbonyl (C=O) groups excluding carboxylic acids is 1. The average molecular weight is 362 g/mol. The summed E-state index contributed by atoms with van der Waals surface area (Å²) >= 11 is 2.83. The van der Waals surface area contributed by atoms with Gasteiger partial charge in [-0.05, 0) is 22.4 Å². The van der Waals surface area contributed by atoms with Crippen molar-refractivity contribution in [3.63, 3.8) is 0 Å². The summed E-state index contributed by atoms with van der Waals surface area (Å²) in [6.07, 6.45) is 3.04. The first kappa shape index (κ1) is 17.2. The number of aromatic nitrogens is 2. The van der Waals surface area contributed by atoms with Gasteiger partial charge in [0.15, 0.2) is 0 Å². The number of hydrogen-bond acceptors (Lipinski definition) is 4. The van der Waals surface area contributed by atoms with Gasteiger partial charge in [0.1, 0.15) is 4.47 Å². The fourth-order valence-corrected chi connectivity index (χ4v) is 2.05. The molecule has 0 spiro atoms. The van der Waals surface area contributed by atoms with Crippen LogP contribution in [0.4, 0.5) is 9.59 Å². The van der Waals surface area contributed by atoms with Crippen molar-refractivity contribution in [2.24, 2.45) is 0 Å². The second-order valence-electron chi connectivity index (χ2n) is 4.35. The summed E-state index contributed by atoms with van der Waals surface area (Å²) in [5, 5.41) is 11.4. The summed E-state index contributed by atoms with van der Waals surface area (Å²) in [4.78, 5) is 46.1. The Morgan fingerprint density at radius 1 is 1.29 bits per heavy atom. The average Bonchev–Trinajstić information content (AvgIpc) is 2.42. The molecule has 21 heavy (non-hydrogen) atoms. The third-order valence-corrected chi connectivity index (χ3v) is 3.31. The van der Waals surface area contributed by atoms with Crippen molar-refractivity contribution in [3.05, 3.63) is 31.5 Å². The highest BCUT2D eigenvalue weighted by atomic mass is 79.9. The Labute approximate surface area is 128 Å². The zero-order valence-electron chi connectivity index (χ0n) is 11.5. The van der Waals surface area contributed by atoms with Crippen LogP contribution < -0.4 is 16.6 Å². The Morgan fingerprint density at radius 2 is 1.95 bits per heavy atom. The third kappa shape index (κ3) is 4.28. The number of nitrogens with zero attached hydrogens (tertiary/aromatic N) is 2. The van der Waals surface area contributed by atoms with Crippen LogP contribution in [0.15, 0.2) is 20.3 Å². The minimum atomic E-state index is -1.74. The predicted octanol–water partition coefficient (Wildman–Crippen LogP) is 1.44. The summed E-state index contributed by atoms with van der Waals surface area (Å²) in [5.74, 6) is 0. The smallest absolute Gasteiger partial charge is 0.422 e. The number of carboxylic acid groups (broad SMARTS) is 1. The second-order valence-corrected chi connectivity index (χ2v) is 5.20. The second kappa shape index (κ2) is 7.77. The minimum absolute atomic E-state index is 0.0270. The van der Waals surface area contributed by atoms with E-state index < -0.39 is 23.4 Å². The van der Waals surface area contributed by atoms with Crippen LogP contribution in [-0.2, 0) is 0 Å². The summed E-state index contributed by atoms with van der Waals surface area (Å²) < 4.78 is 0.339. The van der Waals surface area contributed by atoms with Crippen LogP contribution in [0, 0.1) is 0 Å². The van der Waals surface area contributed by atoms with E-state index in [9.17, 15) is 19.2 Å². The molecule has 8 nitrogen and oxygen atoms in total. The Morgan fingerprint density at radius 3 is 2.52 bits per heavy atom. The largest absolute Gasteiger partial charge is 0.464 e. The molecule has 0 saturated carbocycles. The maximum absolute atomic E-state index is 11.9. The van der Waals surface area contributed by atoms with Gasteiger partial charge in [0.25, 0.3) is 5.56 Å². The lowest BCUT2D eigenvalue weighted by atomic mass is 10.2. The van der Waals surface area contributed by atoms with Crippen molar-refractivity contribution in [1.82, 2.24) is 14.5 Å². The third-order valence-electron chi connectivity index (χ3n) is 2.76. The molecule has 0 aliphatic rings. The van der Waals surface area contributed by atoms with E-state index in [4.69, 9.17) is 5.11 Å². The Kier molecular flexibility index (Phi) is 6.35. The SMILES string of the molecule is CCCCCCNC(=O)n1cc(Br)c(=O)n(C(=O)O)c1=O. The number of rotatable bonds is 5. The maximum atomic E-state index is 11.9. The molecule has 0 aliphatic heterocycles. The molecule has 0 aliphatic carbocycles. The number of amides is 1. The molecule has 0 radical (unpaired) electrons. The van der Waals surface area contributed by atoms with E-state index in [-0.39, 0.29) is 9.04 Å². The highest BCUT2D eigenvalue weighted by Crippen LogP contribution is 2.00. The van der Waals surface area contributed by atoms with Gasteiger partial charge >= 0.3 is 17.8 Å². The Hall–Kier alpha value is -1.90. The number of hydrogen-bond donors (Lipinski definition) is 2. The quantitative estimate of drug-likeness (QED) is 0.770. The van der Waals surface area contributed by atoms with Crippen molar-refractivity contribution in [3.8, 4) is 0 Å². The number of carbonyl (C=O) groups is 2. The molecule has 0 aromatic carbocycles. The van der Waals surface area contributed by atoms with Crippen molar-refractivity contribution in [2.75, 3.05) is 6.54 Å². The molecule has 1 amide bonds. The minimum Gasteiger partial charge on any atom is -0.464 e. The standard InChI is InChI=1S/C12H16BrN3O5/c1-2-3-4-5-6-14-10(18)15-7-8(13)9(17)16(11(15)19)12(20)21/h7H,2-6H2,1H3,(H,14,18)(H,20,21). The van der Waals surface area contributed by atoms with Gasteiger partial charge in [0.05, 0.1) is 0 Å². The van der Waals surface area contributed by atoms with Crippen molar-refractivity contribution in [2.45, 2.75) is 32.6 Å². The van der Waals surface area contributed by atoms with Crippen molar-refractivity contribution in [1.29, 1.82) is 0 Å². The van der Waals surface area contributed by atoms with Gasteiger partial charge in [0, 0.05) is 12.7 Å². The number of unbranched alkanes of at least 4 members (excludes halogenated alkanes) is 3. The molecule has 0 saturated heterocycles. The van der Waals surface area contributed by atoms with Crippen molar-refractivity contribution < 1.29 is 14.7 Å². The fourth-order valence-electron chi connectivity index (χ4n) is 1.67. The van der Waals surface area contributed by atoms with E-state index in [1.807, 2.05) is 0 Å². The monoisotopic (exact) mass is 361 g/mol. The fraction of sp³-hybridized carbons (Fsp3) is 0.500. The van der Waals surface area contributed by atoms with Crippen LogP contribution in [0.1, 0.15) is 32.6 Å². The van der Waals surface area contributed by atoms with E-state index >= 15 is 0 Å². The summed E-state index contributed by atoms with van der Waals surface area (Å²) in [6.45, 7) is 2.43. The van der Waals surface area contributed by atoms with Crippen LogP contribution in [0.3, 0.4) is 0 Å². The first-order valence-electron chi connectivity index (χ1n) is 6.45. The van der Waals surface area contributed by atoms with Gasteiger partial charge in [0.2, 0.25) is 0 Å². The lowest BCUT2D eigenvalue weighted by Crippen LogP contribution is -2.47. The molecular formula is C12H16BrN3O5. The highest BCUT2D eigenvalue weighted by Gasteiger charge is 2.18. The van der Waals surface area contributed by atoms with E-state index in [0.29, 0.717) is 11.1 Å². The Balaban J connectivity index is 2.93. The normalized spacial score (nSPS) is 10.4. The molecule has 1 rings (SSSR count). The molecule has 116 valence electrons. The van der Waals surface area contributed by atoms with E-state index in [1.54, 1.807) is 0 Å². The molecule has 0 bridgehead atoms. The van der Waals surface area contributed by atoms with Crippen molar-refractivity contribution >= 4 is 28.1 Å². The molecule has 1 heterocycles. The van der Waals surface area contributed by atoms with Crippen LogP contribution in [0.25, 0.3) is 0 Å². The van der Waals surface area contributed by atoms with E-state index in [1.165, 1.54) is 0 Å². The van der Waals surface area contributed by atoms with Crippen LogP contribution >= 0.6 is 15.9 Å². The summed E-state index contributed by atoms with van der Waals surface area (Å²) in [7, 11) is 0. The molecule has 0 unspecified atom stereocenters. The van der Waals surface area contributed by atoms with Gasteiger partial charge in [-0.2, -0.15) is 4.57 Å². The molecule has 0 fully saturated rings. The topological polar surface area (TPSA) is 110 Å². The zero-order valence-corrected chi connectivity index (χ0v) is 13.1. The van der Waals surface area contributed by atoms with Crippen LogP contribution in [0.5, 0.6) is 0 Å². The zero-order chi connectivity index (χ0) is 16.0. The Bertz CT molecular complexity index is 649. The van der Waals surface area contributed by atoms with Gasteiger partial charge in [-0.25, -0.2) is 19.0 Å². The maximum Gasteiger partial charge on any atom is 0.422 e. The van der Waals surface area contributed by atoms with Gasteiger partial charge < -0.3 is 10.4 Å². The molecule has 9 heteroatoms. The molecule has 0 atom stereocenters. The first-order valence-corrected chi connectivity index (χ1v) is 7.25. The predicted molar refractivity (Wildman–Crippen MR) is 79.0 cm³/mol. The van der Waals surface area contributed by atoms with Gasteiger partial charge in [-0.15, -0.1) is 0 Å². The number of nitrogens with one attached hydrogen (secondary N) is 1. The lowest BCUT2D eigenvalue weighted by molar-refractivity contribution is 0.193. The first-order chi connectivity index (χ1) is 9.90. The molecule has 2 N–H and O–H groups in total. The van der Waals surface area contributed by atoms with E-state index in [0.717, 1.165) is 31.9 Å². The summed E-state index contributed by atoms with van der Waals surface area (Å²) in [6, 6.07) is -0.771.